The Morgan fingerprint density at radius 1 is 1.10 bits per heavy atom. The van der Waals surface area contributed by atoms with E-state index < -0.39 is 0 Å². The molecule has 0 unspecified atom stereocenters. The summed E-state index contributed by atoms with van der Waals surface area (Å²) < 4.78 is 0. The zero-order valence-corrected chi connectivity index (χ0v) is 18.1. The Kier molecular flexibility index (Phi) is 7.63. The first-order valence-corrected chi connectivity index (χ1v) is 10.9. The molecule has 5 nitrogen and oxygen atoms in total. The van der Waals surface area contributed by atoms with Crippen molar-refractivity contribution in [3.63, 3.8) is 0 Å². The Morgan fingerprint density at radius 2 is 1.83 bits per heavy atom. The summed E-state index contributed by atoms with van der Waals surface area (Å²) >= 11 is 0. The quantitative estimate of drug-likeness (QED) is 0.766. The average Bonchev–Trinajstić information content (AvgIpc) is 2.89. The molecular formula is C25H33N3O2. The molecule has 1 saturated heterocycles. The van der Waals surface area contributed by atoms with E-state index in [9.17, 15) is 9.59 Å². The maximum atomic E-state index is 13.3. The molecule has 2 N–H and O–H groups in total. The van der Waals surface area contributed by atoms with Gasteiger partial charge in [0.15, 0.2) is 0 Å². The number of carbonyl (C=O) groups excluding carboxylic acids is 2. The topological polar surface area (TPSA) is 66.6 Å². The summed E-state index contributed by atoms with van der Waals surface area (Å²) in [6.07, 6.45) is 1.86. The largest absolute Gasteiger partial charge is 0.341 e. The lowest BCUT2D eigenvalue weighted by atomic mass is 9.91. The van der Waals surface area contributed by atoms with Gasteiger partial charge in [0.05, 0.1) is 5.92 Å². The fourth-order valence-corrected chi connectivity index (χ4v) is 4.18. The van der Waals surface area contributed by atoms with Crippen LogP contribution in [-0.4, -0.2) is 54.3 Å². The van der Waals surface area contributed by atoms with Gasteiger partial charge in [-0.1, -0.05) is 61.0 Å². The molecule has 2 aromatic carbocycles. The zero-order chi connectivity index (χ0) is 21.5. The molecule has 1 aliphatic rings. The van der Waals surface area contributed by atoms with Crippen molar-refractivity contribution < 1.29 is 9.59 Å². The van der Waals surface area contributed by atoms with Crippen molar-refractivity contribution in [3.05, 3.63) is 59.7 Å². The predicted octanol–water partition coefficient (Wildman–Crippen LogP) is 3.25. The lowest BCUT2D eigenvalue weighted by molar-refractivity contribution is -0.135. The van der Waals surface area contributed by atoms with Crippen molar-refractivity contribution in [3.8, 4) is 11.1 Å². The average molecular weight is 408 g/mol. The number of carbonyl (C=O) groups is 2. The van der Waals surface area contributed by atoms with Crippen LogP contribution in [0.1, 0.15) is 30.9 Å². The number of rotatable bonds is 7. The number of amides is 2. The Morgan fingerprint density at radius 3 is 2.53 bits per heavy atom. The van der Waals surface area contributed by atoms with Crippen LogP contribution in [0.4, 0.5) is 0 Å². The minimum Gasteiger partial charge on any atom is -0.341 e. The Labute approximate surface area is 179 Å². The number of benzene rings is 2. The molecule has 0 bridgehead atoms. The van der Waals surface area contributed by atoms with Crippen LogP contribution in [0.5, 0.6) is 0 Å². The van der Waals surface area contributed by atoms with Gasteiger partial charge in [-0.05, 0) is 36.5 Å². The van der Waals surface area contributed by atoms with Crippen molar-refractivity contribution in [1.29, 1.82) is 0 Å². The predicted molar refractivity (Wildman–Crippen MR) is 121 cm³/mol. The SMILES string of the molecule is CCCN1CCN(C(=O)CCN)C[C@@H](Cc2ccccc2-c2ccc(C)cc2)C1=O. The van der Waals surface area contributed by atoms with Crippen LogP contribution >= 0.6 is 0 Å². The molecule has 0 radical (unpaired) electrons. The highest BCUT2D eigenvalue weighted by Gasteiger charge is 2.32. The lowest BCUT2D eigenvalue weighted by Gasteiger charge is -2.24. The van der Waals surface area contributed by atoms with E-state index in [0.717, 1.165) is 29.7 Å². The molecule has 0 spiro atoms. The number of hydrogen-bond acceptors (Lipinski definition) is 3. The molecule has 2 amide bonds. The fraction of sp³-hybridized carbons (Fsp3) is 0.440. The van der Waals surface area contributed by atoms with Crippen LogP contribution in [0.25, 0.3) is 11.1 Å². The van der Waals surface area contributed by atoms with Crippen molar-refractivity contribution in [2.24, 2.45) is 11.7 Å². The Balaban J connectivity index is 1.89. The van der Waals surface area contributed by atoms with Crippen molar-refractivity contribution in [2.45, 2.75) is 33.1 Å². The first kappa shape index (κ1) is 22.0. The van der Waals surface area contributed by atoms with Gasteiger partial charge < -0.3 is 15.5 Å². The smallest absolute Gasteiger partial charge is 0.227 e. The van der Waals surface area contributed by atoms with Gasteiger partial charge >= 0.3 is 0 Å². The van der Waals surface area contributed by atoms with Gasteiger partial charge in [-0.2, -0.15) is 0 Å². The van der Waals surface area contributed by atoms with Gasteiger partial charge in [0.2, 0.25) is 11.8 Å². The summed E-state index contributed by atoms with van der Waals surface area (Å²) in [6, 6.07) is 16.8. The van der Waals surface area contributed by atoms with E-state index in [1.54, 1.807) is 0 Å². The van der Waals surface area contributed by atoms with Crippen LogP contribution in [-0.2, 0) is 16.0 Å². The summed E-state index contributed by atoms with van der Waals surface area (Å²) in [4.78, 5) is 29.6. The molecule has 160 valence electrons. The van der Waals surface area contributed by atoms with E-state index >= 15 is 0 Å². The van der Waals surface area contributed by atoms with Crippen LogP contribution < -0.4 is 5.73 Å². The van der Waals surface area contributed by atoms with Crippen LogP contribution in [0.15, 0.2) is 48.5 Å². The molecule has 1 heterocycles. The number of nitrogens with two attached hydrogens (primary N) is 1. The number of aryl methyl sites for hydroxylation is 1. The second-order valence-electron chi connectivity index (χ2n) is 8.13. The minimum atomic E-state index is -0.243. The molecule has 1 fully saturated rings. The van der Waals surface area contributed by atoms with Crippen LogP contribution in [0, 0.1) is 12.8 Å². The van der Waals surface area contributed by atoms with Crippen LogP contribution in [0.2, 0.25) is 0 Å². The molecule has 0 aromatic heterocycles. The fourth-order valence-electron chi connectivity index (χ4n) is 4.18. The lowest BCUT2D eigenvalue weighted by Crippen LogP contribution is -2.38. The van der Waals surface area contributed by atoms with Gasteiger partial charge in [-0.3, -0.25) is 9.59 Å². The van der Waals surface area contributed by atoms with E-state index in [1.165, 1.54) is 5.56 Å². The van der Waals surface area contributed by atoms with Crippen molar-refractivity contribution in [2.75, 3.05) is 32.7 Å². The third-order valence-corrected chi connectivity index (χ3v) is 5.79. The monoisotopic (exact) mass is 407 g/mol. The van der Waals surface area contributed by atoms with Crippen molar-refractivity contribution in [1.82, 2.24) is 9.80 Å². The second kappa shape index (κ2) is 10.4. The van der Waals surface area contributed by atoms with Crippen LogP contribution in [0.3, 0.4) is 0 Å². The first-order valence-electron chi connectivity index (χ1n) is 10.9. The Hall–Kier alpha value is -2.66. The van der Waals surface area contributed by atoms with E-state index in [2.05, 4.69) is 50.2 Å². The molecule has 3 rings (SSSR count). The van der Waals surface area contributed by atoms with E-state index in [4.69, 9.17) is 5.73 Å². The van der Waals surface area contributed by atoms with E-state index in [1.807, 2.05) is 21.9 Å². The standard InChI is InChI=1S/C25H33N3O2/c1-3-14-27-15-16-28(24(29)12-13-26)18-22(25(27)30)17-21-6-4-5-7-23(21)20-10-8-19(2)9-11-20/h4-11,22H,3,12-18,26H2,1-2H3/t22-/m1/s1. The molecule has 30 heavy (non-hydrogen) atoms. The normalized spacial score (nSPS) is 17.2. The van der Waals surface area contributed by atoms with Gasteiger partial charge in [0, 0.05) is 39.1 Å². The van der Waals surface area contributed by atoms with Gasteiger partial charge in [0.25, 0.3) is 0 Å². The molecule has 5 heteroatoms. The highest BCUT2D eigenvalue weighted by molar-refractivity contribution is 5.83. The Bertz CT molecular complexity index is 863. The molecule has 2 aromatic rings. The maximum Gasteiger partial charge on any atom is 0.227 e. The van der Waals surface area contributed by atoms with Gasteiger partial charge in [0.1, 0.15) is 0 Å². The molecule has 0 saturated carbocycles. The molecule has 1 atom stereocenters. The third-order valence-electron chi connectivity index (χ3n) is 5.79. The van der Waals surface area contributed by atoms with E-state index in [-0.39, 0.29) is 17.7 Å². The van der Waals surface area contributed by atoms with Gasteiger partial charge in [-0.25, -0.2) is 0 Å². The highest BCUT2D eigenvalue weighted by atomic mass is 16.2. The molecular weight excluding hydrogens is 374 g/mol. The molecule has 0 aliphatic carbocycles. The van der Waals surface area contributed by atoms with Crippen molar-refractivity contribution >= 4 is 11.8 Å². The number of hydrogen-bond donors (Lipinski definition) is 1. The van der Waals surface area contributed by atoms with E-state index in [0.29, 0.717) is 39.0 Å². The van der Waals surface area contributed by atoms with Gasteiger partial charge in [-0.15, -0.1) is 0 Å². The first-order chi connectivity index (χ1) is 14.5. The number of nitrogens with zero attached hydrogens (tertiary/aromatic N) is 2. The minimum absolute atomic E-state index is 0.0421. The summed E-state index contributed by atoms with van der Waals surface area (Å²) in [5, 5.41) is 0. The maximum absolute atomic E-state index is 13.3. The zero-order valence-electron chi connectivity index (χ0n) is 18.1. The molecule has 1 aliphatic heterocycles. The summed E-state index contributed by atoms with van der Waals surface area (Å²) in [7, 11) is 0. The summed E-state index contributed by atoms with van der Waals surface area (Å²) in [6.45, 7) is 6.86. The second-order valence-corrected chi connectivity index (χ2v) is 8.13. The summed E-state index contributed by atoms with van der Waals surface area (Å²) in [5.74, 6) is -0.0496. The highest BCUT2D eigenvalue weighted by Crippen LogP contribution is 2.27. The third kappa shape index (κ3) is 5.28. The summed E-state index contributed by atoms with van der Waals surface area (Å²) in [5.41, 5.74) is 10.3.